The Bertz CT molecular complexity index is 741. The van der Waals surface area contributed by atoms with E-state index in [-0.39, 0.29) is 0 Å². The Labute approximate surface area is 123 Å². The van der Waals surface area contributed by atoms with Gasteiger partial charge in [0.05, 0.1) is 6.20 Å². The zero-order valence-corrected chi connectivity index (χ0v) is 12.3. The molecule has 0 aliphatic heterocycles. The monoisotopic (exact) mass is 281 g/mol. The van der Waals surface area contributed by atoms with Crippen LogP contribution in [-0.4, -0.2) is 10.8 Å². The smallest absolute Gasteiger partial charge is 0.225 e. The number of rotatable bonds is 4. The van der Waals surface area contributed by atoms with Crippen molar-refractivity contribution in [2.75, 3.05) is 6.26 Å². The first-order valence-corrected chi connectivity index (χ1v) is 7.79. The summed E-state index contributed by atoms with van der Waals surface area (Å²) in [7, 11) is 0. The normalized spacial score (nSPS) is 10.8. The number of imidazole rings is 1. The minimum absolute atomic E-state index is 0.871. The summed E-state index contributed by atoms with van der Waals surface area (Å²) in [4.78, 5) is 1.30. The van der Waals surface area contributed by atoms with E-state index in [1.807, 2.05) is 6.20 Å². The van der Waals surface area contributed by atoms with E-state index in [2.05, 4.69) is 76.8 Å². The van der Waals surface area contributed by atoms with Crippen molar-refractivity contribution >= 4 is 29.0 Å². The molecule has 3 heteroatoms. The molecule has 0 aliphatic rings. The largest absolute Gasteiger partial charge is 0.249 e. The third-order valence-electron chi connectivity index (χ3n) is 3.44. The number of hydrogen-bond acceptors (Lipinski definition) is 1. The Kier molecular flexibility index (Phi) is 3.61. The van der Waals surface area contributed by atoms with Crippen LogP contribution in [0.2, 0.25) is 0 Å². The molecule has 1 heterocycles. The predicted molar refractivity (Wildman–Crippen MR) is 85.8 cm³/mol. The van der Waals surface area contributed by atoms with Crippen molar-refractivity contribution in [2.24, 2.45) is 0 Å². The first-order chi connectivity index (χ1) is 9.81. The van der Waals surface area contributed by atoms with Crippen molar-refractivity contribution in [3.05, 3.63) is 67.0 Å². The molecule has 0 N–H and O–H groups in total. The van der Waals surface area contributed by atoms with Gasteiger partial charge < -0.3 is 0 Å². The van der Waals surface area contributed by atoms with E-state index < -0.39 is 0 Å². The van der Waals surface area contributed by atoms with Crippen LogP contribution in [0.5, 0.6) is 0 Å². The third-order valence-corrected chi connectivity index (χ3v) is 4.19. The van der Waals surface area contributed by atoms with Gasteiger partial charge in [-0.1, -0.05) is 30.8 Å². The highest BCUT2D eigenvalue weighted by molar-refractivity contribution is 7.98. The van der Waals surface area contributed by atoms with Gasteiger partial charge >= 0.3 is 0 Å². The zero-order chi connectivity index (χ0) is 13.9. The number of fused-ring (bicyclic) bond motifs is 1. The molecule has 2 aromatic carbocycles. The van der Waals surface area contributed by atoms with Crippen molar-refractivity contribution in [1.29, 1.82) is 0 Å². The van der Waals surface area contributed by atoms with E-state index >= 15 is 0 Å². The zero-order valence-electron chi connectivity index (χ0n) is 11.5. The molecule has 3 rings (SSSR count). The minimum atomic E-state index is 0.871. The van der Waals surface area contributed by atoms with Crippen molar-refractivity contribution in [3.63, 3.8) is 0 Å². The van der Waals surface area contributed by atoms with Gasteiger partial charge in [-0.05, 0) is 36.1 Å². The molecular formula is C17H17N2S+. The highest BCUT2D eigenvalue weighted by Crippen LogP contribution is 2.16. The van der Waals surface area contributed by atoms with E-state index in [1.54, 1.807) is 11.8 Å². The molecule has 0 saturated carbocycles. The summed E-state index contributed by atoms with van der Waals surface area (Å²) in [6, 6.07) is 17.1. The Balaban J connectivity index is 1.99. The van der Waals surface area contributed by atoms with E-state index in [0.29, 0.717) is 0 Å². The lowest BCUT2D eigenvalue weighted by molar-refractivity contribution is -0.662. The maximum atomic E-state index is 3.87. The fourth-order valence-corrected chi connectivity index (χ4v) is 2.81. The molecule has 0 atom stereocenters. The van der Waals surface area contributed by atoms with Gasteiger partial charge in [-0.2, -0.15) is 0 Å². The summed E-state index contributed by atoms with van der Waals surface area (Å²) in [5.41, 5.74) is 3.71. The van der Waals surface area contributed by atoms with Crippen LogP contribution in [0, 0.1) is 0 Å². The van der Waals surface area contributed by atoms with Crippen LogP contribution in [0.1, 0.15) is 5.56 Å². The lowest BCUT2D eigenvalue weighted by Crippen LogP contribution is -2.32. The van der Waals surface area contributed by atoms with E-state index in [0.717, 1.165) is 6.54 Å². The Hall–Kier alpha value is -2.00. The van der Waals surface area contributed by atoms with Crippen LogP contribution in [-0.2, 0) is 6.54 Å². The van der Waals surface area contributed by atoms with Gasteiger partial charge in [-0.3, -0.25) is 0 Å². The van der Waals surface area contributed by atoms with Crippen LogP contribution in [0.15, 0.2) is 66.3 Å². The van der Waals surface area contributed by atoms with Crippen molar-refractivity contribution in [2.45, 2.75) is 11.4 Å². The highest BCUT2D eigenvalue weighted by atomic mass is 32.2. The molecule has 0 unspecified atom stereocenters. The lowest BCUT2D eigenvalue weighted by Gasteiger charge is -2.00. The summed E-state index contributed by atoms with van der Waals surface area (Å²) in [5.74, 6) is 0. The molecule has 1 aromatic heterocycles. The van der Waals surface area contributed by atoms with Gasteiger partial charge in [-0.15, -0.1) is 11.8 Å². The van der Waals surface area contributed by atoms with Crippen molar-refractivity contribution < 1.29 is 4.57 Å². The maximum absolute atomic E-state index is 3.87. The molecule has 0 spiro atoms. The second kappa shape index (κ2) is 5.55. The number of benzene rings is 2. The van der Waals surface area contributed by atoms with E-state index in [4.69, 9.17) is 0 Å². The topological polar surface area (TPSA) is 8.81 Å². The minimum Gasteiger partial charge on any atom is -0.225 e. The molecule has 0 bridgehead atoms. The summed E-state index contributed by atoms with van der Waals surface area (Å²) < 4.78 is 4.32. The standard InChI is InChI=1S/C17H17N2S/c1-3-18-13-19(17-7-5-4-6-16(17)18)12-14-8-10-15(20-2)11-9-14/h3-11,13H,1,12H2,2H3/q+1. The van der Waals surface area contributed by atoms with Crippen molar-refractivity contribution in [1.82, 2.24) is 4.57 Å². The lowest BCUT2D eigenvalue weighted by atomic mass is 10.2. The van der Waals surface area contributed by atoms with Crippen LogP contribution in [0.3, 0.4) is 0 Å². The van der Waals surface area contributed by atoms with Gasteiger partial charge in [0.15, 0.2) is 11.0 Å². The maximum Gasteiger partial charge on any atom is 0.249 e. The molecule has 0 saturated heterocycles. The molecule has 3 aromatic rings. The van der Waals surface area contributed by atoms with Gasteiger partial charge in [-0.25, -0.2) is 9.13 Å². The van der Waals surface area contributed by atoms with Gasteiger partial charge in [0.2, 0.25) is 6.33 Å². The SMILES string of the molecule is C=Cn1c[n+](Cc2ccc(SC)cc2)c2ccccc21. The number of thioether (sulfide) groups is 1. The molecular weight excluding hydrogens is 264 g/mol. The molecule has 20 heavy (non-hydrogen) atoms. The Morgan fingerprint density at radius 2 is 1.90 bits per heavy atom. The quantitative estimate of drug-likeness (QED) is 0.522. The number of nitrogens with zero attached hydrogens (tertiary/aromatic N) is 2. The summed E-state index contributed by atoms with van der Waals surface area (Å²) >= 11 is 1.77. The van der Waals surface area contributed by atoms with Gasteiger partial charge in [0, 0.05) is 4.90 Å². The van der Waals surface area contributed by atoms with Crippen LogP contribution in [0.4, 0.5) is 0 Å². The average Bonchev–Trinajstić information content (AvgIpc) is 2.86. The second-order valence-corrected chi connectivity index (χ2v) is 5.55. The van der Waals surface area contributed by atoms with Crippen LogP contribution >= 0.6 is 11.8 Å². The molecule has 2 nitrogen and oxygen atoms in total. The fourth-order valence-electron chi connectivity index (χ4n) is 2.40. The number of hydrogen-bond donors (Lipinski definition) is 0. The first-order valence-electron chi connectivity index (χ1n) is 6.56. The van der Waals surface area contributed by atoms with Crippen LogP contribution in [0.25, 0.3) is 17.2 Å². The van der Waals surface area contributed by atoms with E-state index in [1.165, 1.54) is 21.5 Å². The highest BCUT2D eigenvalue weighted by Gasteiger charge is 2.13. The third kappa shape index (κ3) is 2.37. The summed E-state index contributed by atoms with van der Waals surface area (Å²) in [6.07, 6.45) is 6.04. The molecule has 100 valence electrons. The van der Waals surface area contributed by atoms with Gasteiger partial charge in [0.25, 0.3) is 0 Å². The average molecular weight is 281 g/mol. The summed E-state index contributed by atoms with van der Waals surface area (Å²) in [5, 5.41) is 0. The van der Waals surface area contributed by atoms with Crippen LogP contribution < -0.4 is 4.57 Å². The molecule has 0 fully saturated rings. The Morgan fingerprint density at radius 3 is 2.60 bits per heavy atom. The van der Waals surface area contributed by atoms with Gasteiger partial charge in [0.1, 0.15) is 6.54 Å². The molecule has 0 radical (unpaired) electrons. The number of aromatic nitrogens is 2. The van der Waals surface area contributed by atoms with E-state index in [9.17, 15) is 0 Å². The summed E-state index contributed by atoms with van der Waals surface area (Å²) in [6.45, 7) is 4.74. The number of para-hydroxylation sites is 2. The predicted octanol–water partition coefficient (Wildman–Crippen LogP) is 3.80. The molecule has 0 aliphatic carbocycles. The first kappa shape index (κ1) is 13.0. The second-order valence-electron chi connectivity index (χ2n) is 4.67. The molecule has 0 amide bonds. The fraction of sp³-hybridized carbons (Fsp3) is 0.118. The van der Waals surface area contributed by atoms with Crippen molar-refractivity contribution in [3.8, 4) is 0 Å². The Morgan fingerprint density at radius 1 is 1.15 bits per heavy atom.